The van der Waals surface area contributed by atoms with E-state index in [4.69, 9.17) is 0 Å². The van der Waals surface area contributed by atoms with Crippen LogP contribution in [-0.2, 0) is 4.79 Å². The highest BCUT2D eigenvalue weighted by Crippen LogP contribution is 2.35. The Morgan fingerprint density at radius 2 is 2.24 bits per heavy atom. The van der Waals surface area contributed by atoms with Crippen molar-refractivity contribution in [2.24, 2.45) is 5.92 Å². The molecule has 1 amide bonds. The molecule has 0 radical (unpaired) electrons. The predicted molar refractivity (Wildman–Crippen MR) is 63.2 cm³/mol. The number of hydrogen-bond acceptors (Lipinski definition) is 2. The Morgan fingerprint density at radius 1 is 1.47 bits per heavy atom. The average molecular weight is 234 g/mol. The van der Waals surface area contributed by atoms with Crippen molar-refractivity contribution in [3.05, 3.63) is 29.1 Å². The highest BCUT2D eigenvalue weighted by Gasteiger charge is 2.34. The van der Waals surface area contributed by atoms with Gasteiger partial charge in [0.25, 0.3) is 0 Å². The molecule has 1 aromatic rings. The first-order valence-corrected chi connectivity index (χ1v) is 5.99. The third-order valence-corrected chi connectivity index (χ3v) is 3.39. The normalized spacial score (nSPS) is 22.5. The standard InChI is InChI=1S/C13H15FN2O/c1-7-4-9-11(10(14)5-7)16-13(17)12(9)15-6-8-2-3-8/h4-5,8,12,15H,2-3,6H2,1H3,(H,16,17). The molecule has 2 aliphatic rings. The number of carbonyl (C=O) groups is 1. The summed E-state index contributed by atoms with van der Waals surface area (Å²) in [5.74, 6) is 0.204. The molecule has 1 heterocycles. The van der Waals surface area contributed by atoms with Gasteiger partial charge in [-0.05, 0) is 43.9 Å². The second-order valence-electron chi connectivity index (χ2n) is 4.98. The van der Waals surface area contributed by atoms with Crippen molar-refractivity contribution >= 4 is 11.6 Å². The Hall–Kier alpha value is -1.42. The topological polar surface area (TPSA) is 41.1 Å². The highest BCUT2D eigenvalue weighted by atomic mass is 19.1. The van der Waals surface area contributed by atoms with E-state index in [1.807, 2.05) is 13.0 Å². The summed E-state index contributed by atoms with van der Waals surface area (Å²) in [4.78, 5) is 11.8. The zero-order valence-electron chi connectivity index (χ0n) is 9.72. The second-order valence-corrected chi connectivity index (χ2v) is 4.98. The number of anilines is 1. The smallest absolute Gasteiger partial charge is 0.246 e. The Balaban J connectivity index is 1.88. The van der Waals surface area contributed by atoms with Gasteiger partial charge in [0.2, 0.25) is 5.91 Å². The fraction of sp³-hybridized carbons (Fsp3) is 0.462. The van der Waals surface area contributed by atoms with Crippen molar-refractivity contribution in [1.82, 2.24) is 5.32 Å². The maximum Gasteiger partial charge on any atom is 0.246 e. The molecule has 1 saturated carbocycles. The third-order valence-electron chi connectivity index (χ3n) is 3.39. The lowest BCUT2D eigenvalue weighted by atomic mass is 10.0. The van der Waals surface area contributed by atoms with Crippen molar-refractivity contribution in [2.45, 2.75) is 25.8 Å². The van der Waals surface area contributed by atoms with Crippen molar-refractivity contribution in [3.63, 3.8) is 0 Å². The van der Waals surface area contributed by atoms with Crippen molar-refractivity contribution in [1.29, 1.82) is 0 Å². The first-order valence-electron chi connectivity index (χ1n) is 5.99. The minimum absolute atomic E-state index is 0.148. The summed E-state index contributed by atoms with van der Waals surface area (Å²) < 4.78 is 13.7. The van der Waals surface area contributed by atoms with Gasteiger partial charge in [-0.3, -0.25) is 4.79 Å². The number of carbonyl (C=O) groups excluding carboxylic acids is 1. The molecule has 2 N–H and O–H groups in total. The maximum absolute atomic E-state index is 13.7. The lowest BCUT2D eigenvalue weighted by Gasteiger charge is -2.11. The van der Waals surface area contributed by atoms with Gasteiger partial charge in [0.1, 0.15) is 11.9 Å². The largest absolute Gasteiger partial charge is 0.322 e. The molecule has 0 saturated heterocycles. The molecule has 90 valence electrons. The quantitative estimate of drug-likeness (QED) is 0.841. The summed E-state index contributed by atoms with van der Waals surface area (Å²) >= 11 is 0. The van der Waals surface area contributed by atoms with Crippen LogP contribution in [0, 0.1) is 18.7 Å². The van der Waals surface area contributed by atoms with Crippen LogP contribution in [-0.4, -0.2) is 12.5 Å². The van der Waals surface area contributed by atoms with E-state index < -0.39 is 0 Å². The number of nitrogens with one attached hydrogen (secondary N) is 2. The maximum atomic E-state index is 13.7. The molecule has 0 aromatic heterocycles. The summed E-state index contributed by atoms with van der Waals surface area (Å²) in [6.07, 6.45) is 2.47. The van der Waals surface area contributed by atoms with Crippen LogP contribution in [0.2, 0.25) is 0 Å². The van der Waals surface area contributed by atoms with Gasteiger partial charge in [0.15, 0.2) is 0 Å². The van der Waals surface area contributed by atoms with Gasteiger partial charge in [-0.15, -0.1) is 0 Å². The summed E-state index contributed by atoms with van der Waals surface area (Å²) in [6.45, 7) is 2.68. The molecule has 1 fully saturated rings. The first-order chi connectivity index (χ1) is 8.15. The van der Waals surface area contributed by atoms with Crippen LogP contribution >= 0.6 is 0 Å². The molecule has 3 rings (SSSR count). The molecule has 17 heavy (non-hydrogen) atoms. The van der Waals surface area contributed by atoms with Crippen molar-refractivity contribution in [3.8, 4) is 0 Å². The number of fused-ring (bicyclic) bond motifs is 1. The molecular weight excluding hydrogens is 219 g/mol. The molecule has 4 heteroatoms. The van der Waals surface area contributed by atoms with Gasteiger partial charge in [-0.1, -0.05) is 6.07 Å². The number of amides is 1. The van der Waals surface area contributed by atoms with E-state index in [2.05, 4.69) is 10.6 Å². The van der Waals surface area contributed by atoms with Crippen LogP contribution in [0.15, 0.2) is 12.1 Å². The predicted octanol–water partition coefficient (Wildman–Crippen LogP) is 2.13. The SMILES string of the molecule is Cc1cc(F)c2c(c1)C(NCC1CC1)C(=O)N2. The van der Waals surface area contributed by atoms with Crippen LogP contribution in [0.25, 0.3) is 0 Å². The van der Waals surface area contributed by atoms with Gasteiger partial charge in [-0.25, -0.2) is 4.39 Å². The van der Waals surface area contributed by atoms with E-state index in [9.17, 15) is 9.18 Å². The minimum Gasteiger partial charge on any atom is -0.322 e. The summed E-state index contributed by atoms with van der Waals surface area (Å²) in [5.41, 5.74) is 1.93. The van der Waals surface area contributed by atoms with Crippen molar-refractivity contribution in [2.75, 3.05) is 11.9 Å². The van der Waals surface area contributed by atoms with Crippen LogP contribution in [0.4, 0.5) is 10.1 Å². The number of hydrogen-bond donors (Lipinski definition) is 2. The third kappa shape index (κ3) is 1.93. The number of halogens is 1. The Morgan fingerprint density at radius 3 is 2.94 bits per heavy atom. The van der Waals surface area contributed by atoms with E-state index in [-0.39, 0.29) is 17.8 Å². The van der Waals surface area contributed by atoms with Crippen LogP contribution in [0.1, 0.15) is 30.0 Å². The zero-order valence-corrected chi connectivity index (χ0v) is 9.72. The zero-order chi connectivity index (χ0) is 12.0. The number of rotatable bonds is 3. The lowest BCUT2D eigenvalue weighted by molar-refractivity contribution is -0.117. The Kier molecular flexibility index (Phi) is 2.40. The molecule has 1 unspecified atom stereocenters. The Labute approximate surface area is 99.4 Å². The molecular formula is C13H15FN2O. The second kappa shape index (κ2) is 3.81. The summed E-state index contributed by atoms with van der Waals surface area (Å²) in [6, 6.07) is 2.93. The minimum atomic E-state index is -0.389. The van der Waals surface area contributed by atoms with Gasteiger partial charge >= 0.3 is 0 Å². The van der Waals surface area contributed by atoms with E-state index in [0.717, 1.165) is 17.7 Å². The van der Waals surface area contributed by atoms with Gasteiger partial charge in [0, 0.05) is 5.56 Å². The summed E-state index contributed by atoms with van der Waals surface area (Å²) in [5, 5.41) is 5.84. The van der Waals surface area contributed by atoms with Gasteiger partial charge < -0.3 is 10.6 Å². The first kappa shape index (κ1) is 10.7. The lowest BCUT2D eigenvalue weighted by Crippen LogP contribution is -2.29. The van der Waals surface area contributed by atoms with E-state index in [0.29, 0.717) is 11.6 Å². The molecule has 1 aromatic carbocycles. The molecule has 1 aliphatic heterocycles. The van der Waals surface area contributed by atoms with E-state index in [1.54, 1.807) is 0 Å². The molecule has 0 spiro atoms. The average Bonchev–Trinajstić information content (AvgIpc) is 3.02. The number of benzene rings is 1. The fourth-order valence-corrected chi connectivity index (χ4v) is 2.27. The Bertz CT molecular complexity index is 483. The summed E-state index contributed by atoms with van der Waals surface area (Å²) in [7, 11) is 0. The monoisotopic (exact) mass is 234 g/mol. The molecule has 0 bridgehead atoms. The molecule has 1 atom stereocenters. The van der Waals surface area contributed by atoms with E-state index >= 15 is 0 Å². The van der Waals surface area contributed by atoms with Crippen LogP contribution < -0.4 is 10.6 Å². The molecule has 3 nitrogen and oxygen atoms in total. The van der Waals surface area contributed by atoms with Crippen LogP contribution in [0.3, 0.4) is 0 Å². The number of aryl methyl sites for hydroxylation is 1. The van der Waals surface area contributed by atoms with Gasteiger partial charge in [0.05, 0.1) is 5.69 Å². The van der Waals surface area contributed by atoms with Crippen LogP contribution in [0.5, 0.6) is 0 Å². The molecule has 1 aliphatic carbocycles. The highest BCUT2D eigenvalue weighted by molar-refractivity contribution is 6.02. The fourth-order valence-electron chi connectivity index (χ4n) is 2.27. The van der Waals surface area contributed by atoms with E-state index in [1.165, 1.54) is 18.9 Å². The van der Waals surface area contributed by atoms with Crippen molar-refractivity contribution < 1.29 is 9.18 Å². The van der Waals surface area contributed by atoms with Gasteiger partial charge in [-0.2, -0.15) is 0 Å².